The molecule has 4 rings (SSSR count). The van der Waals surface area contributed by atoms with Crippen LogP contribution in [0.4, 0.5) is 5.69 Å². The van der Waals surface area contributed by atoms with Crippen molar-refractivity contribution in [1.29, 1.82) is 0 Å². The molecule has 0 radical (unpaired) electrons. The van der Waals surface area contributed by atoms with Crippen molar-refractivity contribution in [2.24, 2.45) is 0 Å². The lowest BCUT2D eigenvalue weighted by Gasteiger charge is -2.19. The maximum atomic E-state index is 12.7. The molecule has 3 heteroatoms. The summed E-state index contributed by atoms with van der Waals surface area (Å²) in [5, 5.41) is 4.43. The summed E-state index contributed by atoms with van der Waals surface area (Å²) in [6.45, 7) is 0. The van der Waals surface area contributed by atoms with Gasteiger partial charge < -0.3 is 10.3 Å². The molecule has 1 aromatic carbocycles. The molecule has 110 valence electrons. The van der Waals surface area contributed by atoms with E-state index in [1.165, 1.54) is 6.42 Å². The van der Waals surface area contributed by atoms with E-state index < -0.39 is 0 Å². The molecular weight excluding hydrogens is 272 g/mol. The molecule has 1 atom stereocenters. The number of anilines is 1. The molecule has 0 amide bonds. The fraction of sp³-hybridized carbons (Fsp3) is 0.211. The van der Waals surface area contributed by atoms with Crippen molar-refractivity contribution in [3.63, 3.8) is 0 Å². The number of aromatic amines is 1. The largest absolute Gasteiger partial charge is 0.376 e. The van der Waals surface area contributed by atoms with E-state index in [1.807, 2.05) is 42.5 Å². The van der Waals surface area contributed by atoms with Crippen LogP contribution in [-0.4, -0.2) is 11.0 Å². The standard InChI is InChI=1S/C19H18N2O/c22-19-15-12-13-6-4-5-9-16(13)21-17(15)10-11-18(19)20-14-7-2-1-3-8-14/h2,4-7,9-12,14,20-21H,1,3,8H2. The van der Waals surface area contributed by atoms with Crippen LogP contribution in [0.5, 0.6) is 0 Å². The smallest absolute Gasteiger partial charge is 0.210 e. The number of aromatic nitrogens is 1. The lowest BCUT2D eigenvalue weighted by atomic mass is 10.0. The summed E-state index contributed by atoms with van der Waals surface area (Å²) >= 11 is 0. The third-order valence-electron chi connectivity index (χ3n) is 4.32. The lowest BCUT2D eigenvalue weighted by Crippen LogP contribution is -2.23. The van der Waals surface area contributed by atoms with Gasteiger partial charge in [-0.3, -0.25) is 4.79 Å². The summed E-state index contributed by atoms with van der Waals surface area (Å²) in [7, 11) is 0. The molecule has 1 heterocycles. The first-order chi connectivity index (χ1) is 10.8. The number of H-pyrrole nitrogens is 1. The van der Waals surface area contributed by atoms with E-state index in [4.69, 9.17) is 0 Å². The SMILES string of the molecule is O=c1c(NC2C=CCCC2)ccc2[nH]c3ccccc3cc1-2. The van der Waals surface area contributed by atoms with Gasteiger partial charge in [-0.15, -0.1) is 0 Å². The Hall–Kier alpha value is -2.55. The summed E-state index contributed by atoms with van der Waals surface area (Å²) in [6.07, 6.45) is 7.75. The average molecular weight is 290 g/mol. The summed E-state index contributed by atoms with van der Waals surface area (Å²) in [4.78, 5) is 16.1. The average Bonchev–Trinajstić information content (AvgIpc) is 2.57. The second-order valence-corrected chi connectivity index (χ2v) is 5.87. The van der Waals surface area contributed by atoms with Crippen LogP contribution < -0.4 is 10.7 Å². The minimum atomic E-state index is 0.0680. The van der Waals surface area contributed by atoms with Gasteiger partial charge in [-0.2, -0.15) is 0 Å². The van der Waals surface area contributed by atoms with Gasteiger partial charge in [-0.25, -0.2) is 0 Å². The number of pyridine rings is 1. The Bertz CT molecular complexity index is 878. The van der Waals surface area contributed by atoms with E-state index in [1.54, 1.807) is 0 Å². The van der Waals surface area contributed by atoms with E-state index in [9.17, 15) is 4.79 Å². The monoisotopic (exact) mass is 290 g/mol. The van der Waals surface area contributed by atoms with Crippen molar-refractivity contribution in [3.05, 3.63) is 64.8 Å². The predicted octanol–water partition coefficient (Wildman–Crippen LogP) is 4.15. The molecule has 3 aliphatic rings. The van der Waals surface area contributed by atoms with Gasteiger partial charge in [-0.1, -0.05) is 30.4 Å². The molecule has 22 heavy (non-hydrogen) atoms. The van der Waals surface area contributed by atoms with Crippen LogP contribution in [0.25, 0.3) is 22.2 Å². The fourth-order valence-electron chi connectivity index (χ4n) is 3.14. The van der Waals surface area contributed by atoms with Crippen LogP contribution in [-0.2, 0) is 0 Å². The molecule has 2 aliphatic carbocycles. The van der Waals surface area contributed by atoms with Crippen molar-refractivity contribution in [1.82, 2.24) is 4.98 Å². The van der Waals surface area contributed by atoms with Crippen molar-refractivity contribution in [3.8, 4) is 11.3 Å². The zero-order valence-corrected chi connectivity index (χ0v) is 12.3. The minimum Gasteiger partial charge on any atom is -0.376 e. The Morgan fingerprint density at radius 2 is 2.05 bits per heavy atom. The second-order valence-electron chi connectivity index (χ2n) is 5.87. The lowest BCUT2D eigenvalue weighted by molar-refractivity contribution is 0.673. The van der Waals surface area contributed by atoms with Crippen molar-refractivity contribution < 1.29 is 0 Å². The van der Waals surface area contributed by atoms with E-state index in [0.29, 0.717) is 5.69 Å². The second kappa shape index (κ2) is 5.34. The highest BCUT2D eigenvalue weighted by atomic mass is 16.1. The van der Waals surface area contributed by atoms with Gasteiger partial charge in [0.25, 0.3) is 0 Å². The highest BCUT2D eigenvalue weighted by molar-refractivity contribution is 5.86. The number of hydrogen-bond acceptors (Lipinski definition) is 2. The van der Waals surface area contributed by atoms with Crippen LogP contribution in [0.15, 0.2) is 59.4 Å². The number of allylic oxidation sites excluding steroid dienone is 1. The molecule has 0 aromatic heterocycles. The third-order valence-corrected chi connectivity index (χ3v) is 4.32. The van der Waals surface area contributed by atoms with Crippen LogP contribution in [0.3, 0.4) is 0 Å². The van der Waals surface area contributed by atoms with Crippen molar-refractivity contribution >= 4 is 16.6 Å². The number of para-hydroxylation sites is 1. The number of benzene rings is 2. The first kappa shape index (κ1) is 13.1. The normalized spacial score (nSPS) is 17.9. The summed E-state index contributed by atoms with van der Waals surface area (Å²) in [5.74, 6) is 0. The molecule has 2 N–H and O–H groups in total. The van der Waals surface area contributed by atoms with Gasteiger partial charge in [0.15, 0.2) is 0 Å². The Morgan fingerprint density at radius 1 is 1.14 bits per heavy atom. The molecule has 1 aliphatic heterocycles. The zero-order chi connectivity index (χ0) is 14.9. The molecule has 1 aromatic rings. The van der Waals surface area contributed by atoms with Gasteiger partial charge in [0.05, 0.1) is 5.69 Å². The highest BCUT2D eigenvalue weighted by Crippen LogP contribution is 2.24. The molecule has 0 fully saturated rings. The van der Waals surface area contributed by atoms with E-state index in [2.05, 4.69) is 22.5 Å². The van der Waals surface area contributed by atoms with Gasteiger partial charge >= 0.3 is 0 Å². The van der Waals surface area contributed by atoms with Gasteiger partial charge in [0.2, 0.25) is 5.43 Å². The minimum absolute atomic E-state index is 0.0680. The number of fused-ring (bicyclic) bond motifs is 2. The molecular formula is C19H18N2O. The van der Waals surface area contributed by atoms with Crippen LogP contribution >= 0.6 is 0 Å². The molecule has 0 spiro atoms. The number of nitrogens with one attached hydrogen (secondary N) is 2. The summed E-state index contributed by atoms with van der Waals surface area (Å²) < 4.78 is 0. The Morgan fingerprint density at radius 3 is 2.91 bits per heavy atom. The molecule has 0 saturated heterocycles. The van der Waals surface area contributed by atoms with E-state index in [-0.39, 0.29) is 11.5 Å². The van der Waals surface area contributed by atoms with Crippen molar-refractivity contribution in [2.45, 2.75) is 25.3 Å². The first-order valence-corrected chi connectivity index (χ1v) is 7.79. The summed E-state index contributed by atoms with van der Waals surface area (Å²) in [6, 6.07) is 14.1. The van der Waals surface area contributed by atoms with Crippen LogP contribution in [0, 0.1) is 0 Å². The van der Waals surface area contributed by atoms with Gasteiger partial charge in [0.1, 0.15) is 0 Å². The predicted molar refractivity (Wildman–Crippen MR) is 91.6 cm³/mol. The molecule has 3 nitrogen and oxygen atoms in total. The maximum absolute atomic E-state index is 12.7. The van der Waals surface area contributed by atoms with Gasteiger partial charge in [-0.05, 0) is 48.9 Å². The zero-order valence-electron chi connectivity index (χ0n) is 12.3. The number of hydrogen-bond donors (Lipinski definition) is 2. The van der Waals surface area contributed by atoms with Crippen molar-refractivity contribution in [2.75, 3.05) is 5.32 Å². The Kier molecular flexibility index (Phi) is 3.19. The van der Waals surface area contributed by atoms with Crippen LogP contribution in [0.2, 0.25) is 0 Å². The number of rotatable bonds is 2. The third kappa shape index (κ3) is 2.29. The summed E-state index contributed by atoms with van der Waals surface area (Å²) in [5.41, 5.74) is 3.42. The highest BCUT2D eigenvalue weighted by Gasteiger charge is 2.14. The molecule has 1 unspecified atom stereocenters. The molecule has 0 bridgehead atoms. The first-order valence-electron chi connectivity index (χ1n) is 7.79. The van der Waals surface area contributed by atoms with E-state index in [0.717, 1.165) is 35.0 Å². The van der Waals surface area contributed by atoms with Crippen LogP contribution in [0.1, 0.15) is 19.3 Å². The topological polar surface area (TPSA) is 44.9 Å². The fourth-order valence-corrected chi connectivity index (χ4v) is 3.14. The van der Waals surface area contributed by atoms with Gasteiger partial charge in [0, 0.05) is 22.8 Å². The van der Waals surface area contributed by atoms with E-state index >= 15 is 0 Å². The Balaban J connectivity index is 1.81. The molecule has 0 saturated carbocycles. The maximum Gasteiger partial charge on any atom is 0.210 e. The Labute approximate surface area is 129 Å². The quantitative estimate of drug-likeness (QED) is 0.550.